The first-order chi connectivity index (χ1) is 7.27. The number of nitrogens with one attached hydrogen (secondary N) is 1. The van der Waals surface area contributed by atoms with Crippen LogP contribution in [-0.2, 0) is 0 Å². The summed E-state index contributed by atoms with van der Waals surface area (Å²) in [6, 6.07) is 0. The Morgan fingerprint density at radius 1 is 1.40 bits per heavy atom. The van der Waals surface area contributed by atoms with E-state index in [1.165, 1.54) is 31.5 Å². The molecule has 3 atom stereocenters. The highest BCUT2D eigenvalue weighted by Crippen LogP contribution is 2.51. The fourth-order valence-electron chi connectivity index (χ4n) is 3.36. The Kier molecular flexibility index (Phi) is 2.09. The molecule has 1 aliphatic carbocycles. The highest BCUT2D eigenvalue weighted by Gasteiger charge is 2.44. The van der Waals surface area contributed by atoms with Gasteiger partial charge in [0.25, 0.3) is 0 Å². The first-order valence-corrected chi connectivity index (χ1v) is 5.91. The first kappa shape index (κ1) is 9.40. The SMILES string of the molecule is Cc1noc(C)c1[C@H]1C[C@@H]2CCNC[C@@H]21. The molecule has 0 radical (unpaired) electrons. The quantitative estimate of drug-likeness (QED) is 0.763. The van der Waals surface area contributed by atoms with Gasteiger partial charge in [-0.1, -0.05) is 5.16 Å². The van der Waals surface area contributed by atoms with Crippen LogP contribution in [0.2, 0.25) is 0 Å². The van der Waals surface area contributed by atoms with Gasteiger partial charge in [-0.3, -0.25) is 0 Å². The number of nitrogens with zero attached hydrogens (tertiary/aromatic N) is 1. The van der Waals surface area contributed by atoms with Crippen molar-refractivity contribution < 1.29 is 4.52 Å². The standard InChI is InChI=1S/C12H18N2O/c1-7-12(8(2)15-14-7)10-5-9-3-4-13-6-11(9)10/h9-11,13H,3-6H2,1-2H3/t9-,10-,11-/m0/s1. The van der Waals surface area contributed by atoms with E-state index in [2.05, 4.69) is 17.4 Å². The monoisotopic (exact) mass is 206 g/mol. The summed E-state index contributed by atoms with van der Waals surface area (Å²) in [5.74, 6) is 3.51. The van der Waals surface area contributed by atoms with Crippen LogP contribution in [0.25, 0.3) is 0 Å². The lowest BCUT2D eigenvalue weighted by molar-refractivity contribution is 0.0922. The minimum absolute atomic E-state index is 0.703. The van der Waals surface area contributed by atoms with Crippen LogP contribution in [0.1, 0.15) is 35.8 Å². The summed E-state index contributed by atoms with van der Waals surface area (Å²) in [5.41, 5.74) is 2.49. The molecule has 3 heteroatoms. The van der Waals surface area contributed by atoms with Gasteiger partial charge in [0.05, 0.1) is 5.69 Å². The van der Waals surface area contributed by atoms with E-state index in [1.54, 1.807) is 0 Å². The van der Waals surface area contributed by atoms with Gasteiger partial charge in [-0.2, -0.15) is 0 Å². The molecule has 1 aliphatic heterocycles. The average Bonchev–Trinajstić information content (AvgIpc) is 2.51. The molecule has 3 nitrogen and oxygen atoms in total. The molecule has 1 N–H and O–H groups in total. The summed E-state index contributed by atoms with van der Waals surface area (Å²) in [4.78, 5) is 0. The van der Waals surface area contributed by atoms with E-state index in [-0.39, 0.29) is 0 Å². The van der Waals surface area contributed by atoms with Crippen LogP contribution in [0.15, 0.2) is 4.52 Å². The average molecular weight is 206 g/mol. The van der Waals surface area contributed by atoms with Gasteiger partial charge >= 0.3 is 0 Å². The topological polar surface area (TPSA) is 38.1 Å². The van der Waals surface area contributed by atoms with Crippen molar-refractivity contribution in [1.29, 1.82) is 0 Å². The van der Waals surface area contributed by atoms with E-state index in [1.807, 2.05) is 6.92 Å². The maximum atomic E-state index is 5.26. The van der Waals surface area contributed by atoms with Crippen molar-refractivity contribution in [3.8, 4) is 0 Å². The van der Waals surface area contributed by atoms with Crippen LogP contribution in [0.3, 0.4) is 0 Å². The molecule has 0 bridgehead atoms. The van der Waals surface area contributed by atoms with Gasteiger partial charge in [0.2, 0.25) is 0 Å². The smallest absolute Gasteiger partial charge is 0.137 e. The lowest BCUT2D eigenvalue weighted by Crippen LogP contribution is -2.47. The van der Waals surface area contributed by atoms with Crippen molar-refractivity contribution >= 4 is 0 Å². The molecule has 1 aromatic heterocycles. The van der Waals surface area contributed by atoms with Gasteiger partial charge in [0.15, 0.2) is 0 Å². The summed E-state index contributed by atoms with van der Waals surface area (Å²) >= 11 is 0. The molecule has 2 fully saturated rings. The minimum Gasteiger partial charge on any atom is -0.361 e. The van der Waals surface area contributed by atoms with Crippen LogP contribution in [0.4, 0.5) is 0 Å². The van der Waals surface area contributed by atoms with E-state index in [0.29, 0.717) is 5.92 Å². The van der Waals surface area contributed by atoms with E-state index in [9.17, 15) is 0 Å². The number of rotatable bonds is 1. The molecule has 0 unspecified atom stereocenters. The zero-order valence-corrected chi connectivity index (χ0v) is 9.42. The molecule has 1 saturated heterocycles. The Bertz CT molecular complexity index is 352. The second-order valence-electron chi connectivity index (χ2n) is 5.00. The summed E-state index contributed by atoms with van der Waals surface area (Å²) < 4.78 is 5.26. The van der Waals surface area contributed by atoms with Crippen molar-refractivity contribution in [2.75, 3.05) is 13.1 Å². The third-order valence-electron chi connectivity index (χ3n) is 4.21. The van der Waals surface area contributed by atoms with E-state index < -0.39 is 0 Å². The predicted octanol–water partition coefficient (Wildman–Crippen LogP) is 2.00. The fourth-order valence-corrected chi connectivity index (χ4v) is 3.36. The Labute approximate surface area is 90.2 Å². The predicted molar refractivity (Wildman–Crippen MR) is 57.8 cm³/mol. The second-order valence-corrected chi connectivity index (χ2v) is 5.00. The summed E-state index contributed by atoms with van der Waals surface area (Å²) in [7, 11) is 0. The van der Waals surface area contributed by atoms with Gasteiger partial charge < -0.3 is 9.84 Å². The van der Waals surface area contributed by atoms with Crippen LogP contribution < -0.4 is 5.32 Å². The molecular weight excluding hydrogens is 188 g/mol. The van der Waals surface area contributed by atoms with Crippen molar-refractivity contribution in [1.82, 2.24) is 10.5 Å². The number of aromatic nitrogens is 1. The number of hydrogen-bond acceptors (Lipinski definition) is 3. The number of aryl methyl sites for hydroxylation is 2. The van der Waals surface area contributed by atoms with Crippen molar-refractivity contribution in [2.24, 2.45) is 11.8 Å². The summed E-state index contributed by atoms with van der Waals surface area (Å²) in [5, 5.41) is 7.56. The third-order valence-corrected chi connectivity index (χ3v) is 4.21. The molecule has 2 aliphatic rings. The molecule has 1 aromatic rings. The highest BCUT2D eigenvalue weighted by atomic mass is 16.5. The Balaban J connectivity index is 1.84. The maximum Gasteiger partial charge on any atom is 0.137 e. The maximum absolute atomic E-state index is 5.26. The molecular formula is C12H18N2O. The van der Waals surface area contributed by atoms with E-state index in [4.69, 9.17) is 4.52 Å². The first-order valence-electron chi connectivity index (χ1n) is 5.91. The van der Waals surface area contributed by atoms with Crippen molar-refractivity contribution in [3.63, 3.8) is 0 Å². The van der Waals surface area contributed by atoms with E-state index in [0.717, 1.165) is 23.3 Å². The number of hydrogen-bond donors (Lipinski definition) is 1. The molecule has 0 amide bonds. The molecule has 0 aromatic carbocycles. The van der Waals surface area contributed by atoms with Crippen LogP contribution in [-0.4, -0.2) is 18.2 Å². The van der Waals surface area contributed by atoms with Crippen LogP contribution >= 0.6 is 0 Å². The Morgan fingerprint density at radius 3 is 2.93 bits per heavy atom. The molecule has 82 valence electrons. The molecule has 3 rings (SSSR count). The van der Waals surface area contributed by atoms with Gasteiger partial charge in [0, 0.05) is 5.56 Å². The largest absolute Gasteiger partial charge is 0.361 e. The summed E-state index contributed by atoms with van der Waals surface area (Å²) in [6.45, 7) is 6.49. The number of piperidine rings is 1. The molecule has 2 heterocycles. The van der Waals surface area contributed by atoms with Crippen molar-refractivity contribution in [3.05, 3.63) is 17.0 Å². The van der Waals surface area contributed by atoms with Gasteiger partial charge in [-0.05, 0) is 57.5 Å². The Morgan fingerprint density at radius 2 is 2.27 bits per heavy atom. The lowest BCUT2D eigenvalue weighted by atomic mass is 9.59. The van der Waals surface area contributed by atoms with Gasteiger partial charge in [-0.15, -0.1) is 0 Å². The van der Waals surface area contributed by atoms with Gasteiger partial charge in [0.1, 0.15) is 5.76 Å². The second kappa shape index (κ2) is 3.34. The minimum atomic E-state index is 0.703. The number of fused-ring (bicyclic) bond motifs is 1. The van der Waals surface area contributed by atoms with Crippen molar-refractivity contribution in [2.45, 2.75) is 32.6 Å². The normalized spacial score (nSPS) is 34.7. The summed E-state index contributed by atoms with van der Waals surface area (Å²) in [6.07, 6.45) is 2.69. The third kappa shape index (κ3) is 1.33. The molecule has 15 heavy (non-hydrogen) atoms. The van der Waals surface area contributed by atoms with Crippen LogP contribution in [0, 0.1) is 25.7 Å². The molecule has 0 spiro atoms. The lowest BCUT2D eigenvalue weighted by Gasteiger charge is -2.48. The fraction of sp³-hybridized carbons (Fsp3) is 0.750. The van der Waals surface area contributed by atoms with Crippen LogP contribution in [0.5, 0.6) is 0 Å². The molecule has 1 saturated carbocycles. The highest BCUT2D eigenvalue weighted by molar-refractivity contribution is 5.29. The zero-order valence-electron chi connectivity index (χ0n) is 9.42. The Hall–Kier alpha value is -0.830. The van der Waals surface area contributed by atoms with E-state index >= 15 is 0 Å². The zero-order chi connectivity index (χ0) is 10.4. The van der Waals surface area contributed by atoms with Gasteiger partial charge in [-0.25, -0.2) is 0 Å².